The second-order valence-corrected chi connectivity index (χ2v) is 37.9. The SMILES string of the molecule is C=C=C=C=C=C=C=C(C)C(=O)CC1CC(C)CC(C)O1.CC1CC(C)OC(C[P+](c2ccccc2)(c2ccccc2)c2ccccc2)C1.CC1C[C@H](C)CC(C=O)O1.CC1C[C@H](C)CC(CO)O1.CCC1C[C@@H](C)CC(C)O1.Cc1ccc(S(=O)(=O)OCC2C[C@@H](C)CC(C)O2)cc1.Cc1ccc(S(=O)(=O)[O-])cc1. The van der Waals surface area contributed by atoms with Gasteiger partial charge in [0.05, 0.1) is 96.3 Å². The molecule has 0 aromatic heterocycles. The van der Waals surface area contributed by atoms with Gasteiger partial charge < -0.3 is 42.9 Å². The minimum Gasteiger partial charge on any atom is -0.744 e. The Labute approximate surface area is 656 Å². The zero-order valence-electron chi connectivity index (χ0n) is 67.9. The van der Waals surface area contributed by atoms with Gasteiger partial charge in [0.2, 0.25) is 0 Å². The quantitative estimate of drug-likeness (QED) is 0.0243. The van der Waals surface area contributed by atoms with E-state index < -0.39 is 27.5 Å². The average molecular weight is 1560 g/mol. The molecule has 18 atom stereocenters. The van der Waals surface area contributed by atoms with Crippen molar-refractivity contribution in [2.24, 2.45) is 35.5 Å². The lowest BCUT2D eigenvalue weighted by molar-refractivity contribution is -0.128. The van der Waals surface area contributed by atoms with Gasteiger partial charge in [0.1, 0.15) is 45.7 Å². The normalized spacial score (nSPS) is 27.9. The summed E-state index contributed by atoms with van der Waals surface area (Å²) in [6.45, 7) is 37.3. The predicted octanol–water partition coefficient (Wildman–Crippen LogP) is 17.8. The number of aliphatic hydroxyl groups is 1. The van der Waals surface area contributed by atoms with Crippen molar-refractivity contribution < 1.29 is 68.7 Å². The minimum atomic E-state index is -4.27. The van der Waals surface area contributed by atoms with E-state index in [9.17, 15) is 31.0 Å². The summed E-state index contributed by atoms with van der Waals surface area (Å²) in [6.07, 6.45) is 18.9. The summed E-state index contributed by atoms with van der Waals surface area (Å²) in [7, 11) is -9.76. The summed E-state index contributed by atoms with van der Waals surface area (Å²) in [5.74, 6) is 4.12. The van der Waals surface area contributed by atoms with Crippen molar-refractivity contribution >= 4 is 55.5 Å². The smallest absolute Gasteiger partial charge is 0.297 e. The maximum Gasteiger partial charge on any atom is 0.297 e. The molecule has 6 aliphatic rings. The predicted molar refractivity (Wildman–Crippen MR) is 439 cm³/mol. The van der Waals surface area contributed by atoms with E-state index in [0.717, 1.165) is 93.2 Å². The van der Waals surface area contributed by atoms with Gasteiger partial charge in [-0.3, -0.25) is 8.98 Å². The zero-order valence-corrected chi connectivity index (χ0v) is 70.4. The topological polar surface area (TPSA) is 210 Å². The summed E-state index contributed by atoms with van der Waals surface area (Å²) in [6, 6.07) is 45.8. The van der Waals surface area contributed by atoms with Gasteiger partial charge in [-0.15, -0.1) is 0 Å². The molecule has 0 bridgehead atoms. The van der Waals surface area contributed by atoms with Crippen LogP contribution in [0.2, 0.25) is 0 Å². The van der Waals surface area contributed by atoms with E-state index in [-0.39, 0.29) is 71.5 Å². The number of Topliss-reactive ketones (excluding diaryl/α,β-unsaturated/α-hetero) is 1. The summed E-state index contributed by atoms with van der Waals surface area (Å²) in [5, 5.41) is 13.1. The van der Waals surface area contributed by atoms with E-state index in [1.165, 1.54) is 53.7 Å². The van der Waals surface area contributed by atoms with E-state index in [2.05, 4.69) is 208 Å². The van der Waals surface area contributed by atoms with Gasteiger partial charge in [0.15, 0.2) is 5.78 Å². The number of allylic oxidation sites excluding steroid dienone is 1. The van der Waals surface area contributed by atoms with Crippen molar-refractivity contribution in [3.63, 3.8) is 0 Å². The van der Waals surface area contributed by atoms with Crippen molar-refractivity contribution in [2.75, 3.05) is 19.4 Å². The van der Waals surface area contributed by atoms with Gasteiger partial charge in [-0.2, -0.15) is 8.42 Å². The molecule has 109 heavy (non-hydrogen) atoms. The molecule has 0 radical (unpaired) electrons. The highest BCUT2D eigenvalue weighted by atomic mass is 32.2. The van der Waals surface area contributed by atoms with Crippen LogP contribution in [-0.4, -0.2) is 131 Å². The van der Waals surface area contributed by atoms with Crippen LogP contribution in [0.5, 0.6) is 0 Å². The molecule has 6 saturated heterocycles. The zero-order chi connectivity index (χ0) is 80.3. The van der Waals surface area contributed by atoms with Crippen LogP contribution >= 0.6 is 7.26 Å². The van der Waals surface area contributed by atoms with Crippen molar-refractivity contribution in [3.05, 3.63) is 197 Å². The van der Waals surface area contributed by atoms with Crippen molar-refractivity contribution in [1.82, 2.24) is 0 Å². The van der Waals surface area contributed by atoms with Crippen LogP contribution in [0.1, 0.15) is 198 Å². The van der Waals surface area contributed by atoms with Crippen LogP contribution < -0.4 is 15.9 Å². The third kappa shape index (κ3) is 34.4. The van der Waals surface area contributed by atoms with E-state index >= 15 is 0 Å². The molecule has 0 amide bonds. The Balaban J connectivity index is 0.000000237. The highest BCUT2D eigenvalue weighted by molar-refractivity contribution is 7.95. The molecule has 6 fully saturated rings. The largest absolute Gasteiger partial charge is 0.744 e. The number of benzene rings is 5. The number of rotatable bonds is 16. The van der Waals surface area contributed by atoms with Crippen LogP contribution in [0.4, 0.5) is 0 Å². The number of aldehydes is 1. The van der Waals surface area contributed by atoms with Crippen LogP contribution in [-0.2, 0) is 62.4 Å². The Kier molecular flexibility index (Phi) is 41.2. The Morgan fingerprint density at radius 2 is 0.844 bits per heavy atom. The monoisotopic (exact) mass is 1550 g/mol. The van der Waals surface area contributed by atoms with Crippen molar-refractivity contribution in [2.45, 2.75) is 284 Å². The van der Waals surface area contributed by atoms with Crippen LogP contribution in [0.15, 0.2) is 196 Å². The molecule has 14 unspecified atom stereocenters. The summed E-state index contributed by atoms with van der Waals surface area (Å²) in [4.78, 5) is 22.4. The van der Waals surface area contributed by atoms with E-state index in [0.29, 0.717) is 66.2 Å². The maximum atomic E-state index is 12.1. The Morgan fingerprint density at radius 3 is 1.25 bits per heavy atom. The van der Waals surface area contributed by atoms with Crippen molar-refractivity contribution in [3.8, 4) is 0 Å². The van der Waals surface area contributed by atoms with E-state index in [4.69, 9.17) is 37.7 Å². The number of hydrogen-bond acceptors (Lipinski definition) is 15. The second kappa shape index (κ2) is 48.0. The lowest BCUT2D eigenvalue weighted by Gasteiger charge is -2.36. The minimum absolute atomic E-state index is 0.0149. The lowest BCUT2D eigenvalue weighted by atomic mass is 9.91. The number of aryl methyl sites for hydroxylation is 2. The molecule has 1 N–H and O–H groups in total. The molecule has 6 heterocycles. The summed E-state index contributed by atoms with van der Waals surface area (Å²) in [5.41, 5.74) is 17.8. The lowest BCUT2D eigenvalue weighted by Crippen LogP contribution is -2.41. The molecule has 598 valence electrons. The molecule has 18 heteroatoms. The van der Waals surface area contributed by atoms with Gasteiger partial charge in [-0.05, 0) is 271 Å². The fourth-order valence-electron chi connectivity index (χ4n) is 15.5. The van der Waals surface area contributed by atoms with Crippen LogP contribution in [0.3, 0.4) is 0 Å². The molecular formula is C91H127O15PS2. The van der Waals surface area contributed by atoms with E-state index in [1.54, 1.807) is 43.3 Å². The van der Waals surface area contributed by atoms with Gasteiger partial charge in [-0.1, -0.05) is 150 Å². The number of ether oxygens (including phenoxy) is 6. The van der Waals surface area contributed by atoms with Gasteiger partial charge in [-0.25, -0.2) is 8.42 Å². The molecule has 5 aromatic carbocycles. The first kappa shape index (κ1) is 93.4. The average Bonchev–Trinajstić information content (AvgIpc) is 0.752. The van der Waals surface area contributed by atoms with Crippen molar-refractivity contribution in [1.29, 1.82) is 0 Å². The van der Waals surface area contributed by atoms with Crippen LogP contribution in [0.25, 0.3) is 0 Å². The third-order valence-electron chi connectivity index (χ3n) is 20.2. The Hall–Kier alpha value is -6.17. The second-order valence-electron chi connectivity index (χ2n) is 31.4. The molecular weight excluding hydrogens is 1430 g/mol. The van der Waals surface area contributed by atoms with Gasteiger partial charge in [0, 0.05) is 12.0 Å². The van der Waals surface area contributed by atoms with Gasteiger partial charge in [0.25, 0.3) is 10.1 Å². The molecule has 6 aliphatic heterocycles. The molecule has 0 aliphatic carbocycles. The van der Waals surface area contributed by atoms with Crippen LogP contribution in [0, 0.1) is 49.4 Å². The maximum absolute atomic E-state index is 12.1. The molecule has 0 saturated carbocycles. The Bertz CT molecular complexity index is 3790. The number of carbonyl (C=O) groups is 2. The summed E-state index contributed by atoms with van der Waals surface area (Å²) >= 11 is 0. The number of hydrogen-bond donors (Lipinski definition) is 1. The van der Waals surface area contributed by atoms with E-state index in [1.807, 2.05) is 27.7 Å². The molecule has 0 spiro atoms. The first-order valence-electron chi connectivity index (χ1n) is 39.4. The highest BCUT2D eigenvalue weighted by Crippen LogP contribution is 2.57. The third-order valence-corrected chi connectivity index (χ3v) is 26.8. The Morgan fingerprint density at radius 1 is 0.486 bits per heavy atom. The first-order valence-corrected chi connectivity index (χ1v) is 44.2. The standard InChI is InChI=1S/C26H30OP.C18H20O2.C15H22O4S.C9H18O.C8H16O2.C8H14O2.C7H8O3S/c1-21-18-22(2)27-23(19-21)20-28(24-12-6-3-7-13-24,25-14-8-4-9-15-25)26-16-10-5-11-17-26;1-5-6-7-8-9-10-15(3)18(19)13-17-12-14(2)11-16(4)20-17;1-11-4-6-15(7-5-11)20(16,17)18-10-14-9-12(2)8-13(3)19-14;1-4-9-6-7(2)5-8(3)10-9;2*1-6-3-7(2)10-8(4-6)5-9;1-6-2-4-7(5-3-6)11(8,9)10/h3-17,21-23H,18-20H2,1-2H3;14,16-17H,1,11-13H2,2-4H3;4-7,12-14H,8-10H2,1-3H3;7-9H,4-6H2,1-3H3;6-9H,3-5H2,1-2H3;5-8H,3-4H2,1-2H3;2-5H,1H3,(H,8,9,10)/q+1;;;;;;/p-1/t;;12-,13?,14?;7-,8?,9?;2*6-,7?,8?;/m..0000./s1. The number of aliphatic hydroxyl groups excluding tert-OH is 1. The molecule has 11 rings (SSSR count). The number of carbonyl (C=O) groups excluding carboxylic acids is 2. The molecule has 5 aromatic rings. The van der Waals surface area contributed by atoms with Gasteiger partial charge >= 0.3 is 0 Å². The highest BCUT2D eigenvalue weighted by Gasteiger charge is 2.48. The fraction of sp³-hybridized carbons (Fsp3) is 0.560. The number of ketones is 1. The fourth-order valence-corrected chi connectivity index (χ4v) is 21.3. The summed E-state index contributed by atoms with van der Waals surface area (Å²) < 4.78 is 95.0. The molecule has 15 nitrogen and oxygen atoms in total. The first-order chi connectivity index (χ1) is 51.7.